The number of benzene rings is 1. The fourth-order valence-corrected chi connectivity index (χ4v) is 0.940. The molecule has 2 amide bonds. The molecule has 3 nitrogen and oxygen atoms in total. The molecule has 1 rings (SSSR count). The third kappa shape index (κ3) is 4.66. The lowest BCUT2D eigenvalue weighted by molar-refractivity contribution is -0.122. The van der Waals surface area contributed by atoms with Crippen molar-refractivity contribution in [3.05, 3.63) is 29.8 Å². The maximum atomic E-state index is 13.0. The molecule has 0 aliphatic carbocycles. The highest BCUT2D eigenvalue weighted by molar-refractivity contribution is 5.89. The van der Waals surface area contributed by atoms with Gasteiger partial charge in [-0.2, -0.15) is 13.2 Å². The van der Waals surface area contributed by atoms with Crippen LogP contribution in [0.4, 0.5) is 32.4 Å². The van der Waals surface area contributed by atoms with E-state index in [0.717, 1.165) is 12.1 Å². The van der Waals surface area contributed by atoms with Gasteiger partial charge in [-0.1, -0.05) is 0 Å². The molecule has 1 aromatic carbocycles. The Morgan fingerprint density at radius 2 is 1.88 bits per heavy atom. The van der Waals surface area contributed by atoms with Crippen molar-refractivity contribution in [2.45, 2.75) is 6.18 Å². The Labute approximate surface area is 92.6 Å². The second kappa shape index (κ2) is 4.98. The minimum Gasteiger partial charge on any atom is -0.329 e. The van der Waals surface area contributed by atoms with E-state index in [1.165, 1.54) is 5.32 Å². The Morgan fingerprint density at radius 3 is 2.47 bits per heavy atom. The molecule has 0 spiro atoms. The Kier molecular flexibility index (Phi) is 3.87. The molecule has 0 fully saturated rings. The van der Waals surface area contributed by atoms with Crippen LogP contribution in [0.15, 0.2) is 18.2 Å². The molecule has 94 valence electrons. The number of hydrogen-bond donors (Lipinski definition) is 2. The molecular formula is C9H7F5N2O. The van der Waals surface area contributed by atoms with E-state index in [2.05, 4.69) is 0 Å². The fourth-order valence-electron chi connectivity index (χ4n) is 0.940. The summed E-state index contributed by atoms with van der Waals surface area (Å²) < 4.78 is 60.8. The van der Waals surface area contributed by atoms with Gasteiger partial charge >= 0.3 is 12.2 Å². The monoisotopic (exact) mass is 254 g/mol. The van der Waals surface area contributed by atoms with Crippen molar-refractivity contribution < 1.29 is 26.7 Å². The molecule has 0 aromatic heterocycles. The van der Waals surface area contributed by atoms with Crippen LogP contribution in [-0.4, -0.2) is 18.8 Å². The SMILES string of the molecule is O=C(NCC(F)(F)F)Nc1cc(F)ccc1F. The first-order chi connectivity index (χ1) is 7.78. The van der Waals surface area contributed by atoms with Gasteiger partial charge in [0.15, 0.2) is 0 Å². The van der Waals surface area contributed by atoms with E-state index < -0.39 is 36.1 Å². The minimum atomic E-state index is -4.57. The lowest BCUT2D eigenvalue weighted by Crippen LogP contribution is -2.36. The molecule has 0 aliphatic rings. The third-order valence-electron chi connectivity index (χ3n) is 1.63. The maximum Gasteiger partial charge on any atom is 0.405 e. The Bertz CT molecular complexity index is 418. The van der Waals surface area contributed by atoms with E-state index >= 15 is 0 Å². The van der Waals surface area contributed by atoms with Crippen LogP contribution in [0.2, 0.25) is 0 Å². The van der Waals surface area contributed by atoms with Gasteiger partial charge in [0, 0.05) is 6.07 Å². The topological polar surface area (TPSA) is 41.1 Å². The Hall–Kier alpha value is -1.86. The molecule has 17 heavy (non-hydrogen) atoms. The minimum absolute atomic E-state index is 0.537. The molecule has 0 saturated heterocycles. The van der Waals surface area contributed by atoms with E-state index in [9.17, 15) is 26.7 Å². The molecular weight excluding hydrogens is 247 g/mol. The number of alkyl halides is 3. The average Bonchev–Trinajstić information content (AvgIpc) is 2.20. The third-order valence-corrected chi connectivity index (χ3v) is 1.63. The van der Waals surface area contributed by atoms with Crippen molar-refractivity contribution in [3.8, 4) is 0 Å². The van der Waals surface area contributed by atoms with Crippen LogP contribution in [0.5, 0.6) is 0 Å². The molecule has 8 heteroatoms. The van der Waals surface area contributed by atoms with Gasteiger partial charge in [-0.05, 0) is 12.1 Å². The van der Waals surface area contributed by atoms with E-state index in [-0.39, 0.29) is 0 Å². The van der Waals surface area contributed by atoms with Crippen LogP contribution in [-0.2, 0) is 0 Å². The number of carbonyl (C=O) groups excluding carboxylic acids is 1. The van der Waals surface area contributed by atoms with E-state index in [1.54, 1.807) is 5.32 Å². The number of halogens is 5. The van der Waals surface area contributed by atoms with Gasteiger partial charge in [0.2, 0.25) is 0 Å². The highest BCUT2D eigenvalue weighted by Gasteiger charge is 2.27. The largest absolute Gasteiger partial charge is 0.405 e. The van der Waals surface area contributed by atoms with Gasteiger partial charge in [0.1, 0.15) is 18.2 Å². The Morgan fingerprint density at radius 1 is 1.24 bits per heavy atom. The van der Waals surface area contributed by atoms with Gasteiger partial charge in [0.05, 0.1) is 5.69 Å². The second-order valence-corrected chi connectivity index (χ2v) is 3.05. The summed E-state index contributed by atoms with van der Waals surface area (Å²) in [5, 5.41) is 3.21. The first kappa shape index (κ1) is 13.2. The zero-order valence-electron chi connectivity index (χ0n) is 8.24. The predicted octanol–water partition coefficient (Wildman–Crippen LogP) is 2.65. The average molecular weight is 254 g/mol. The van der Waals surface area contributed by atoms with Crippen molar-refractivity contribution >= 4 is 11.7 Å². The van der Waals surface area contributed by atoms with Crippen molar-refractivity contribution in [2.24, 2.45) is 0 Å². The number of carbonyl (C=O) groups is 1. The van der Waals surface area contributed by atoms with Crippen LogP contribution < -0.4 is 10.6 Å². The fraction of sp³-hybridized carbons (Fsp3) is 0.222. The van der Waals surface area contributed by atoms with Crippen molar-refractivity contribution in [1.29, 1.82) is 0 Å². The summed E-state index contributed by atoms with van der Waals surface area (Å²) in [6.45, 7) is -1.56. The van der Waals surface area contributed by atoms with Gasteiger partial charge in [-0.3, -0.25) is 0 Å². The summed E-state index contributed by atoms with van der Waals surface area (Å²) in [5.74, 6) is -1.77. The molecule has 0 aliphatic heterocycles. The van der Waals surface area contributed by atoms with Crippen molar-refractivity contribution in [1.82, 2.24) is 5.32 Å². The quantitative estimate of drug-likeness (QED) is 0.782. The first-order valence-corrected chi connectivity index (χ1v) is 4.34. The highest BCUT2D eigenvalue weighted by Crippen LogP contribution is 2.15. The summed E-state index contributed by atoms with van der Waals surface area (Å²) in [7, 11) is 0. The number of amides is 2. The highest BCUT2D eigenvalue weighted by atomic mass is 19.4. The molecule has 1 aromatic rings. The van der Waals surface area contributed by atoms with Crippen LogP contribution >= 0.6 is 0 Å². The number of anilines is 1. The molecule has 0 saturated carbocycles. The molecule has 0 atom stereocenters. The lowest BCUT2D eigenvalue weighted by atomic mass is 10.3. The molecule has 0 heterocycles. The summed E-state index contributed by atoms with van der Waals surface area (Å²) in [6, 6.07) is 0.942. The van der Waals surface area contributed by atoms with Crippen molar-refractivity contribution in [2.75, 3.05) is 11.9 Å². The maximum absolute atomic E-state index is 13.0. The Balaban J connectivity index is 2.59. The van der Waals surface area contributed by atoms with Crippen LogP contribution in [0.1, 0.15) is 0 Å². The molecule has 0 unspecified atom stereocenters. The van der Waals surface area contributed by atoms with Gasteiger partial charge in [0.25, 0.3) is 0 Å². The van der Waals surface area contributed by atoms with Gasteiger partial charge in [-0.25, -0.2) is 13.6 Å². The zero-order chi connectivity index (χ0) is 13.1. The van der Waals surface area contributed by atoms with Crippen LogP contribution in [0.3, 0.4) is 0 Å². The number of rotatable bonds is 2. The van der Waals surface area contributed by atoms with Crippen LogP contribution in [0.25, 0.3) is 0 Å². The van der Waals surface area contributed by atoms with Crippen molar-refractivity contribution in [3.63, 3.8) is 0 Å². The summed E-state index contributed by atoms with van der Waals surface area (Å²) in [4.78, 5) is 10.9. The second-order valence-electron chi connectivity index (χ2n) is 3.05. The smallest absolute Gasteiger partial charge is 0.329 e. The summed E-state index contributed by atoms with van der Waals surface area (Å²) >= 11 is 0. The zero-order valence-corrected chi connectivity index (χ0v) is 8.24. The molecule has 0 radical (unpaired) electrons. The number of urea groups is 1. The van der Waals surface area contributed by atoms with Gasteiger partial charge < -0.3 is 10.6 Å². The number of nitrogens with one attached hydrogen (secondary N) is 2. The summed E-state index contributed by atoms with van der Waals surface area (Å²) in [5.41, 5.74) is -0.537. The number of hydrogen-bond acceptors (Lipinski definition) is 1. The molecule has 0 bridgehead atoms. The molecule has 2 N–H and O–H groups in total. The first-order valence-electron chi connectivity index (χ1n) is 4.34. The standard InChI is InChI=1S/C9H7F5N2O/c10-5-1-2-6(11)7(3-5)16-8(17)15-4-9(12,13)14/h1-3H,4H2,(H2,15,16,17). The van der Waals surface area contributed by atoms with E-state index in [1.807, 2.05) is 0 Å². The van der Waals surface area contributed by atoms with E-state index in [0.29, 0.717) is 6.07 Å². The lowest BCUT2D eigenvalue weighted by Gasteiger charge is -2.10. The summed E-state index contributed by atoms with van der Waals surface area (Å²) in [6.07, 6.45) is -4.57. The van der Waals surface area contributed by atoms with Crippen LogP contribution in [0, 0.1) is 11.6 Å². The predicted molar refractivity (Wildman–Crippen MR) is 49.4 cm³/mol. The normalized spacial score (nSPS) is 11.1. The van der Waals surface area contributed by atoms with E-state index in [4.69, 9.17) is 0 Å². The van der Waals surface area contributed by atoms with Gasteiger partial charge in [-0.15, -0.1) is 0 Å².